The summed E-state index contributed by atoms with van der Waals surface area (Å²) in [5.74, 6) is 3.78. The van der Waals surface area contributed by atoms with Crippen molar-refractivity contribution in [1.29, 1.82) is 0 Å². The molecule has 1 rings (SSSR count). The van der Waals surface area contributed by atoms with Crippen molar-refractivity contribution in [2.24, 2.45) is 5.84 Å². The van der Waals surface area contributed by atoms with Gasteiger partial charge < -0.3 is 0 Å². The Morgan fingerprint density at radius 3 is 2.61 bits per heavy atom. The highest BCUT2D eigenvalue weighted by molar-refractivity contribution is 5.21. The van der Waals surface area contributed by atoms with E-state index in [1.807, 2.05) is 6.08 Å². The van der Waals surface area contributed by atoms with Crippen LogP contribution in [0.5, 0.6) is 0 Å². The van der Waals surface area contributed by atoms with Crippen LogP contribution in [0.2, 0.25) is 0 Å². The number of rotatable bonds is 8. The molecule has 0 heterocycles. The highest BCUT2D eigenvalue weighted by Gasteiger charge is 2.11. The summed E-state index contributed by atoms with van der Waals surface area (Å²) in [4.78, 5) is 0. The molecule has 18 heavy (non-hydrogen) atoms. The van der Waals surface area contributed by atoms with E-state index in [-0.39, 0.29) is 6.04 Å². The van der Waals surface area contributed by atoms with Crippen molar-refractivity contribution in [2.45, 2.75) is 38.1 Å². The standard InChI is InChI=1S/C14H20F2N2/c1-2-3-4-5-6-7-14(18-17)11-8-9-12(15)13(16)10-11/h2,8-10,14,18H,1,3-7,17H2. The molecule has 0 saturated carbocycles. The van der Waals surface area contributed by atoms with Gasteiger partial charge in [-0.25, -0.2) is 8.78 Å². The number of unbranched alkanes of at least 4 members (excludes halogenated alkanes) is 3. The lowest BCUT2D eigenvalue weighted by atomic mass is 10.0. The summed E-state index contributed by atoms with van der Waals surface area (Å²) < 4.78 is 25.9. The molecule has 100 valence electrons. The first-order valence-corrected chi connectivity index (χ1v) is 6.21. The van der Waals surface area contributed by atoms with E-state index in [0.29, 0.717) is 5.56 Å². The fourth-order valence-electron chi connectivity index (χ4n) is 1.89. The van der Waals surface area contributed by atoms with Crippen molar-refractivity contribution in [3.8, 4) is 0 Å². The first-order valence-electron chi connectivity index (χ1n) is 6.21. The van der Waals surface area contributed by atoms with Gasteiger partial charge in [0.05, 0.1) is 0 Å². The third kappa shape index (κ3) is 4.55. The van der Waals surface area contributed by atoms with E-state index in [9.17, 15) is 8.78 Å². The maximum atomic E-state index is 13.1. The summed E-state index contributed by atoms with van der Waals surface area (Å²) in [5, 5.41) is 0. The quantitative estimate of drug-likeness (QED) is 0.322. The molecule has 1 aromatic rings. The molecule has 0 bridgehead atoms. The van der Waals surface area contributed by atoms with Crippen molar-refractivity contribution in [1.82, 2.24) is 5.43 Å². The Hall–Kier alpha value is -1.26. The molecule has 0 saturated heterocycles. The summed E-state index contributed by atoms with van der Waals surface area (Å²) in [6, 6.07) is 3.76. The third-order valence-electron chi connectivity index (χ3n) is 2.95. The number of hydrazine groups is 1. The third-order valence-corrected chi connectivity index (χ3v) is 2.95. The molecule has 0 aliphatic carbocycles. The van der Waals surface area contributed by atoms with Crippen molar-refractivity contribution in [2.75, 3.05) is 0 Å². The number of benzene rings is 1. The summed E-state index contributed by atoms with van der Waals surface area (Å²) in [7, 11) is 0. The Labute approximate surface area is 107 Å². The number of nitrogens with one attached hydrogen (secondary N) is 1. The highest BCUT2D eigenvalue weighted by Crippen LogP contribution is 2.21. The smallest absolute Gasteiger partial charge is 0.159 e. The number of hydrogen-bond acceptors (Lipinski definition) is 2. The molecule has 1 aromatic carbocycles. The van der Waals surface area contributed by atoms with Crippen LogP contribution in [-0.2, 0) is 0 Å². The Kier molecular flexibility index (Phi) is 6.54. The SMILES string of the molecule is C=CCCCCCC(NN)c1ccc(F)c(F)c1. The predicted molar refractivity (Wildman–Crippen MR) is 69.7 cm³/mol. The van der Waals surface area contributed by atoms with Crippen LogP contribution >= 0.6 is 0 Å². The van der Waals surface area contributed by atoms with Crippen molar-refractivity contribution in [3.05, 3.63) is 48.1 Å². The summed E-state index contributed by atoms with van der Waals surface area (Å²) in [5.41, 5.74) is 3.33. The average molecular weight is 254 g/mol. The van der Waals surface area contributed by atoms with Gasteiger partial charge in [0, 0.05) is 6.04 Å². The van der Waals surface area contributed by atoms with E-state index in [1.54, 1.807) is 6.07 Å². The molecule has 0 radical (unpaired) electrons. The van der Waals surface area contributed by atoms with Crippen LogP contribution in [0.4, 0.5) is 8.78 Å². The molecule has 0 aromatic heterocycles. The summed E-state index contributed by atoms with van der Waals surface area (Å²) in [6.07, 6.45) is 6.87. The van der Waals surface area contributed by atoms with E-state index in [4.69, 9.17) is 5.84 Å². The normalized spacial score (nSPS) is 12.4. The lowest BCUT2D eigenvalue weighted by molar-refractivity contribution is 0.471. The fourth-order valence-corrected chi connectivity index (χ4v) is 1.89. The fraction of sp³-hybridized carbons (Fsp3) is 0.429. The number of halogens is 2. The van der Waals surface area contributed by atoms with Gasteiger partial charge in [-0.2, -0.15) is 0 Å². The lowest BCUT2D eigenvalue weighted by Crippen LogP contribution is -2.28. The van der Waals surface area contributed by atoms with Crippen LogP contribution in [0, 0.1) is 11.6 Å². The van der Waals surface area contributed by atoms with Crippen LogP contribution in [0.3, 0.4) is 0 Å². The van der Waals surface area contributed by atoms with Gasteiger partial charge in [0.1, 0.15) is 0 Å². The summed E-state index contributed by atoms with van der Waals surface area (Å²) >= 11 is 0. The van der Waals surface area contributed by atoms with Gasteiger partial charge in [0.25, 0.3) is 0 Å². The Bertz CT molecular complexity index is 380. The van der Waals surface area contributed by atoms with Crippen molar-refractivity contribution < 1.29 is 8.78 Å². The highest BCUT2D eigenvalue weighted by atomic mass is 19.2. The van der Waals surface area contributed by atoms with Crippen LogP contribution in [0.25, 0.3) is 0 Å². The largest absolute Gasteiger partial charge is 0.271 e. The van der Waals surface area contributed by atoms with Gasteiger partial charge in [-0.1, -0.05) is 25.0 Å². The molecule has 0 aliphatic heterocycles. The molecule has 0 fully saturated rings. The molecule has 3 N–H and O–H groups in total. The minimum absolute atomic E-state index is 0.135. The zero-order valence-corrected chi connectivity index (χ0v) is 10.5. The van der Waals surface area contributed by atoms with Crippen LogP contribution < -0.4 is 11.3 Å². The van der Waals surface area contributed by atoms with Gasteiger partial charge in [-0.15, -0.1) is 6.58 Å². The Morgan fingerprint density at radius 1 is 1.22 bits per heavy atom. The first kappa shape index (κ1) is 14.8. The number of allylic oxidation sites excluding steroid dienone is 1. The second-order valence-electron chi connectivity index (χ2n) is 4.32. The zero-order valence-electron chi connectivity index (χ0n) is 10.5. The zero-order chi connectivity index (χ0) is 13.4. The number of nitrogens with two attached hydrogens (primary N) is 1. The van der Waals surface area contributed by atoms with Crippen molar-refractivity contribution in [3.63, 3.8) is 0 Å². The first-order chi connectivity index (χ1) is 8.69. The van der Waals surface area contributed by atoms with E-state index in [0.717, 1.165) is 38.2 Å². The predicted octanol–water partition coefficient (Wildman–Crippen LogP) is 3.61. The van der Waals surface area contributed by atoms with Gasteiger partial charge in [-0.05, 0) is 37.0 Å². The topological polar surface area (TPSA) is 38.0 Å². The maximum absolute atomic E-state index is 13.1. The molecule has 1 atom stereocenters. The molecule has 0 spiro atoms. The molecule has 2 nitrogen and oxygen atoms in total. The van der Waals surface area contributed by atoms with Gasteiger partial charge >= 0.3 is 0 Å². The van der Waals surface area contributed by atoms with Gasteiger partial charge in [-0.3, -0.25) is 11.3 Å². The van der Waals surface area contributed by atoms with E-state index < -0.39 is 11.6 Å². The number of hydrogen-bond donors (Lipinski definition) is 2. The van der Waals surface area contributed by atoms with E-state index in [1.165, 1.54) is 6.07 Å². The van der Waals surface area contributed by atoms with E-state index >= 15 is 0 Å². The minimum Gasteiger partial charge on any atom is -0.271 e. The molecule has 0 amide bonds. The van der Waals surface area contributed by atoms with Crippen molar-refractivity contribution >= 4 is 0 Å². The Morgan fingerprint density at radius 2 is 2.00 bits per heavy atom. The molecular weight excluding hydrogens is 234 g/mol. The average Bonchev–Trinajstić information content (AvgIpc) is 2.37. The van der Waals surface area contributed by atoms with Crippen LogP contribution in [-0.4, -0.2) is 0 Å². The van der Waals surface area contributed by atoms with E-state index in [2.05, 4.69) is 12.0 Å². The molecule has 1 unspecified atom stereocenters. The summed E-state index contributed by atoms with van der Waals surface area (Å²) in [6.45, 7) is 3.67. The van der Waals surface area contributed by atoms with Crippen LogP contribution in [0.15, 0.2) is 30.9 Å². The Balaban J connectivity index is 2.49. The van der Waals surface area contributed by atoms with Gasteiger partial charge in [0.15, 0.2) is 11.6 Å². The van der Waals surface area contributed by atoms with Crippen LogP contribution in [0.1, 0.15) is 43.7 Å². The monoisotopic (exact) mass is 254 g/mol. The minimum atomic E-state index is -0.834. The maximum Gasteiger partial charge on any atom is 0.159 e. The molecular formula is C14H20F2N2. The van der Waals surface area contributed by atoms with Gasteiger partial charge in [0.2, 0.25) is 0 Å². The lowest BCUT2D eigenvalue weighted by Gasteiger charge is -2.16. The molecule has 4 heteroatoms. The second-order valence-corrected chi connectivity index (χ2v) is 4.32. The molecule has 0 aliphatic rings. The second kappa shape index (κ2) is 7.95.